The van der Waals surface area contributed by atoms with Crippen molar-refractivity contribution in [2.75, 3.05) is 11.4 Å². The van der Waals surface area contributed by atoms with Crippen LogP contribution in [0.5, 0.6) is 5.75 Å². The molecule has 20 heavy (non-hydrogen) atoms. The Bertz CT molecular complexity index is 535. The average molecular weight is 282 g/mol. The number of anilines is 1. The van der Waals surface area contributed by atoms with E-state index in [4.69, 9.17) is 5.11 Å². The van der Waals surface area contributed by atoms with Gasteiger partial charge in [0.15, 0.2) is 11.6 Å². The summed E-state index contributed by atoms with van der Waals surface area (Å²) in [4.78, 5) is 23.4. The van der Waals surface area contributed by atoms with Crippen LogP contribution >= 0.6 is 0 Å². The van der Waals surface area contributed by atoms with Crippen molar-refractivity contribution in [2.45, 2.75) is 25.9 Å². The molecular weight excluding hydrogens is 267 g/mol. The molecule has 1 amide bonds. The Hall–Kier alpha value is -2.31. The van der Waals surface area contributed by atoms with Gasteiger partial charge in [0.05, 0.1) is 0 Å². The second-order valence-electron chi connectivity index (χ2n) is 4.53. The van der Waals surface area contributed by atoms with Gasteiger partial charge in [0.25, 0.3) is 0 Å². The van der Waals surface area contributed by atoms with Crippen LogP contribution in [0.4, 0.5) is 14.9 Å². The molecule has 0 bridgehead atoms. The molecule has 1 aromatic carbocycles. The summed E-state index contributed by atoms with van der Waals surface area (Å²) in [6.07, 6.45) is -0.0544. The van der Waals surface area contributed by atoms with E-state index in [-0.39, 0.29) is 17.8 Å². The third kappa shape index (κ3) is 3.17. The Morgan fingerprint density at radius 3 is 2.85 bits per heavy atom. The number of hydrogen-bond acceptors (Lipinski definition) is 4. The van der Waals surface area contributed by atoms with Crippen molar-refractivity contribution >= 4 is 17.7 Å². The lowest BCUT2D eigenvalue weighted by atomic mass is 10.2. The molecular formula is C13H15FN2O4. The smallest absolute Gasteiger partial charge is 0.449 e. The second-order valence-corrected chi connectivity index (χ2v) is 4.53. The molecule has 2 rings (SSSR count). The molecule has 6 nitrogen and oxygen atoms in total. The van der Waals surface area contributed by atoms with E-state index in [0.29, 0.717) is 12.2 Å². The maximum atomic E-state index is 13.8. The lowest BCUT2D eigenvalue weighted by molar-refractivity contribution is -0.119. The van der Waals surface area contributed by atoms with Gasteiger partial charge in [-0.2, -0.15) is 0 Å². The lowest BCUT2D eigenvalue weighted by Gasteiger charge is -2.27. The van der Waals surface area contributed by atoms with Gasteiger partial charge >= 0.3 is 6.16 Å². The first-order valence-electron chi connectivity index (χ1n) is 6.21. The zero-order valence-electron chi connectivity index (χ0n) is 10.9. The quantitative estimate of drug-likeness (QED) is 0.654. The minimum absolute atomic E-state index is 0.145. The summed E-state index contributed by atoms with van der Waals surface area (Å²) >= 11 is 0. The Kier molecular flexibility index (Phi) is 4.07. The van der Waals surface area contributed by atoms with Crippen LogP contribution in [0.3, 0.4) is 0 Å². The van der Waals surface area contributed by atoms with Crippen molar-refractivity contribution in [1.29, 1.82) is 0 Å². The molecule has 0 saturated carbocycles. The van der Waals surface area contributed by atoms with Gasteiger partial charge in [0.2, 0.25) is 5.91 Å². The van der Waals surface area contributed by atoms with Gasteiger partial charge in [-0.05, 0) is 25.0 Å². The van der Waals surface area contributed by atoms with Crippen molar-refractivity contribution in [2.24, 2.45) is 0 Å². The Labute approximate surface area is 115 Å². The van der Waals surface area contributed by atoms with Crippen molar-refractivity contribution in [1.82, 2.24) is 5.32 Å². The molecule has 1 aliphatic heterocycles. The molecule has 0 aliphatic carbocycles. The summed E-state index contributed by atoms with van der Waals surface area (Å²) in [5.74, 6) is -1.23. The van der Waals surface area contributed by atoms with E-state index in [1.54, 1.807) is 6.07 Å². The van der Waals surface area contributed by atoms with Crippen LogP contribution in [0.1, 0.15) is 19.8 Å². The highest BCUT2D eigenvalue weighted by molar-refractivity contribution is 5.74. The largest absolute Gasteiger partial charge is 0.511 e. The van der Waals surface area contributed by atoms with Gasteiger partial charge in [0.1, 0.15) is 6.17 Å². The second kappa shape index (κ2) is 5.77. The number of carboxylic acid groups (broad SMARTS) is 1. The number of nitrogens with one attached hydrogen (secondary N) is 1. The normalized spacial score (nSPS) is 17.9. The van der Waals surface area contributed by atoms with E-state index in [1.807, 2.05) is 4.90 Å². The van der Waals surface area contributed by atoms with E-state index >= 15 is 0 Å². The summed E-state index contributed by atoms with van der Waals surface area (Å²) in [5, 5.41) is 11.3. The van der Waals surface area contributed by atoms with Gasteiger partial charge in [-0.25, -0.2) is 9.18 Å². The predicted octanol–water partition coefficient (Wildman–Crippen LogP) is 1.94. The molecule has 1 aromatic rings. The fourth-order valence-electron chi connectivity index (χ4n) is 2.31. The number of carbonyl (C=O) groups is 2. The number of nitrogens with zero attached hydrogens (tertiary/aromatic N) is 1. The fraction of sp³-hybridized carbons (Fsp3) is 0.385. The van der Waals surface area contributed by atoms with Crippen molar-refractivity contribution < 1.29 is 23.8 Å². The van der Waals surface area contributed by atoms with Crippen LogP contribution in [0.15, 0.2) is 18.2 Å². The Balaban J connectivity index is 2.18. The first-order chi connectivity index (χ1) is 9.47. The van der Waals surface area contributed by atoms with Gasteiger partial charge in [-0.15, -0.1) is 0 Å². The number of halogens is 1. The van der Waals surface area contributed by atoms with Gasteiger partial charge in [-0.1, -0.05) is 0 Å². The Morgan fingerprint density at radius 2 is 2.25 bits per heavy atom. The molecule has 1 fully saturated rings. The molecule has 108 valence electrons. The van der Waals surface area contributed by atoms with Crippen LogP contribution in [0.2, 0.25) is 0 Å². The Morgan fingerprint density at radius 1 is 1.50 bits per heavy atom. The summed E-state index contributed by atoms with van der Waals surface area (Å²) in [6, 6.07) is 4.04. The third-order valence-corrected chi connectivity index (χ3v) is 3.07. The summed E-state index contributed by atoms with van der Waals surface area (Å²) in [7, 11) is 0. The van der Waals surface area contributed by atoms with E-state index in [9.17, 15) is 14.0 Å². The molecule has 0 aromatic heterocycles. The molecule has 1 unspecified atom stereocenters. The number of rotatable bonds is 3. The highest BCUT2D eigenvalue weighted by atomic mass is 19.1. The molecule has 0 radical (unpaired) electrons. The topological polar surface area (TPSA) is 78.9 Å². The summed E-state index contributed by atoms with van der Waals surface area (Å²) in [6.45, 7) is 2.13. The molecule has 1 saturated heterocycles. The lowest BCUT2D eigenvalue weighted by Crippen LogP contribution is -2.43. The monoisotopic (exact) mass is 282 g/mol. The first-order valence-corrected chi connectivity index (χ1v) is 6.21. The molecule has 7 heteroatoms. The number of ether oxygens (including phenoxy) is 1. The van der Waals surface area contributed by atoms with Gasteiger partial charge < -0.3 is 20.1 Å². The molecule has 1 heterocycles. The maximum absolute atomic E-state index is 13.8. The standard InChI is InChI=1S/C13H15FN2O4/c1-8(17)15-12-3-2-6-16(12)9-4-5-11(10(14)7-9)20-13(18)19/h4-5,7,12H,2-3,6H2,1H3,(H,15,17)(H,18,19). The average Bonchev–Trinajstić information content (AvgIpc) is 2.78. The van der Waals surface area contributed by atoms with E-state index in [2.05, 4.69) is 10.1 Å². The SMILES string of the molecule is CC(=O)NC1CCCN1c1ccc(OC(=O)O)c(F)c1. The molecule has 0 spiro atoms. The third-order valence-electron chi connectivity index (χ3n) is 3.07. The zero-order valence-corrected chi connectivity index (χ0v) is 10.9. The zero-order chi connectivity index (χ0) is 14.7. The molecule has 1 aliphatic rings. The van der Waals surface area contributed by atoms with E-state index in [1.165, 1.54) is 19.1 Å². The van der Waals surface area contributed by atoms with Crippen LogP contribution in [-0.4, -0.2) is 29.9 Å². The van der Waals surface area contributed by atoms with Gasteiger partial charge in [-0.3, -0.25) is 4.79 Å². The van der Waals surface area contributed by atoms with Crippen LogP contribution < -0.4 is 15.0 Å². The van der Waals surface area contributed by atoms with Crippen molar-refractivity contribution in [3.63, 3.8) is 0 Å². The van der Waals surface area contributed by atoms with Gasteiger partial charge in [0, 0.05) is 25.2 Å². The maximum Gasteiger partial charge on any atom is 0.511 e. The van der Waals surface area contributed by atoms with E-state index in [0.717, 1.165) is 12.8 Å². The van der Waals surface area contributed by atoms with Crippen LogP contribution in [0.25, 0.3) is 0 Å². The summed E-state index contributed by atoms with van der Waals surface area (Å²) in [5.41, 5.74) is 0.580. The molecule has 2 N–H and O–H groups in total. The minimum Gasteiger partial charge on any atom is -0.449 e. The highest BCUT2D eigenvalue weighted by Crippen LogP contribution is 2.28. The van der Waals surface area contributed by atoms with E-state index < -0.39 is 12.0 Å². The minimum atomic E-state index is -1.56. The summed E-state index contributed by atoms with van der Waals surface area (Å²) < 4.78 is 18.1. The number of hydrogen-bond donors (Lipinski definition) is 2. The molecule has 1 atom stereocenters. The van der Waals surface area contributed by atoms with Crippen molar-refractivity contribution in [3.05, 3.63) is 24.0 Å². The predicted molar refractivity (Wildman–Crippen MR) is 69.2 cm³/mol. The first kappa shape index (κ1) is 14.1. The number of amides is 1. The highest BCUT2D eigenvalue weighted by Gasteiger charge is 2.26. The van der Waals surface area contributed by atoms with Crippen molar-refractivity contribution in [3.8, 4) is 5.75 Å². The van der Waals surface area contributed by atoms with Crippen LogP contribution in [-0.2, 0) is 4.79 Å². The van der Waals surface area contributed by atoms with Crippen LogP contribution in [0, 0.1) is 5.82 Å². The number of carbonyl (C=O) groups excluding carboxylic acids is 1. The number of benzene rings is 1. The fourth-order valence-corrected chi connectivity index (χ4v) is 2.31.